The lowest BCUT2D eigenvalue weighted by Gasteiger charge is -2.32. The van der Waals surface area contributed by atoms with Gasteiger partial charge in [0.15, 0.2) is 0 Å². The van der Waals surface area contributed by atoms with Crippen LogP contribution < -0.4 is 4.90 Å². The Balaban J connectivity index is 1.34. The fourth-order valence-corrected chi connectivity index (χ4v) is 9.64. The number of nitrogens with zero attached hydrogens (tertiary/aromatic N) is 1. The van der Waals surface area contributed by atoms with Crippen LogP contribution >= 0.6 is 0 Å². The third-order valence-corrected chi connectivity index (χ3v) is 12.8. The van der Waals surface area contributed by atoms with Gasteiger partial charge >= 0.3 is 0 Å². The van der Waals surface area contributed by atoms with E-state index in [0.29, 0.717) is 11.8 Å². The van der Waals surface area contributed by atoms with Crippen molar-refractivity contribution in [2.45, 2.75) is 118 Å². The molecule has 0 saturated carbocycles. The summed E-state index contributed by atoms with van der Waals surface area (Å²) in [6.45, 7) is 18.5. The van der Waals surface area contributed by atoms with Gasteiger partial charge in [-0.25, -0.2) is 0 Å². The van der Waals surface area contributed by atoms with Crippen molar-refractivity contribution >= 4 is 17.1 Å². The summed E-state index contributed by atoms with van der Waals surface area (Å²) in [6.07, 6.45) is 7.76. The van der Waals surface area contributed by atoms with Crippen molar-refractivity contribution in [3.63, 3.8) is 0 Å². The maximum absolute atomic E-state index is 2.53. The normalized spacial score (nSPS) is 13.5. The standard InChI is InChI=1S/C54H61N/c1-9-13-19-42-27-28-45(35-51(42)50-34-43(26-24-38(50)7)41(10-2)33-40-25-30-47(37(5)6)39(8)32-40)55(44-20-15-14-16-21-44)46-29-31-49-48-22-17-18-23-52(48)54(11-3,12-4)53(49)36-46/h14-18,20-32,34-37,41H,9-13,19,33H2,1-8H3. The molecule has 1 atom stereocenters. The number of hydrogen-bond acceptors (Lipinski definition) is 1. The first-order valence-electron chi connectivity index (χ1n) is 21.2. The first-order valence-corrected chi connectivity index (χ1v) is 21.2. The Hall–Kier alpha value is -4.88. The summed E-state index contributed by atoms with van der Waals surface area (Å²) in [5, 5.41) is 0. The fourth-order valence-electron chi connectivity index (χ4n) is 9.64. The van der Waals surface area contributed by atoms with Gasteiger partial charge in [-0.15, -0.1) is 0 Å². The van der Waals surface area contributed by atoms with Gasteiger partial charge < -0.3 is 4.90 Å². The zero-order valence-electron chi connectivity index (χ0n) is 34.7. The third-order valence-electron chi connectivity index (χ3n) is 12.8. The van der Waals surface area contributed by atoms with Crippen molar-refractivity contribution < 1.29 is 0 Å². The van der Waals surface area contributed by atoms with E-state index in [-0.39, 0.29) is 5.41 Å². The van der Waals surface area contributed by atoms with Crippen LogP contribution in [0.4, 0.5) is 17.1 Å². The summed E-state index contributed by atoms with van der Waals surface area (Å²) in [7, 11) is 0. The van der Waals surface area contributed by atoms with Crippen LogP contribution in [-0.4, -0.2) is 0 Å². The molecule has 0 bridgehead atoms. The Kier molecular flexibility index (Phi) is 11.5. The Morgan fingerprint density at radius 1 is 0.564 bits per heavy atom. The van der Waals surface area contributed by atoms with Crippen LogP contribution in [0, 0.1) is 13.8 Å². The highest BCUT2D eigenvalue weighted by Crippen LogP contribution is 2.54. The topological polar surface area (TPSA) is 3.24 Å². The van der Waals surface area contributed by atoms with Gasteiger partial charge in [0.25, 0.3) is 0 Å². The van der Waals surface area contributed by atoms with E-state index in [9.17, 15) is 0 Å². The van der Waals surface area contributed by atoms with Crippen LogP contribution in [0.2, 0.25) is 0 Å². The SMILES string of the molecule is CCCCc1ccc(N(c2ccccc2)c2ccc3c(c2)C(CC)(CC)c2ccccc2-3)cc1-c1cc(C(CC)Cc2ccc(C(C)C)c(C)c2)ccc1C. The van der Waals surface area contributed by atoms with Gasteiger partial charge in [-0.2, -0.15) is 0 Å². The molecule has 0 aliphatic heterocycles. The highest BCUT2D eigenvalue weighted by Gasteiger charge is 2.40. The van der Waals surface area contributed by atoms with Crippen molar-refractivity contribution in [3.05, 3.63) is 172 Å². The van der Waals surface area contributed by atoms with Crippen LogP contribution in [0.15, 0.2) is 127 Å². The number of unbranched alkanes of at least 4 members (excludes halogenated alkanes) is 1. The molecule has 6 aromatic rings. The number of anilines is 3. The molecular formula is C54H61N. The summed E-state index contributed by atoms with van der Waals surface area (Å²) in [4.78, 5) is 2.49. The van der Waals surface area contributed by atoms with Gasteiger partial charge in [0.1, 0.15) is 0 Å². The largest absolute Gasteiger partial charge is 0.310 e. The van der Waals surface area contributed by atoms with E-state index in [2.05, 4.69) is 188 Å². The van der Waals surface area contributed by atoms with Crippen LogP contribution in [0.1, 0.15) is 130 Å². The molecule has 1 nitrogen and oxygen atoms in total. The van der Waals surface area contributed by atoms with Crippen molar-refractivity contribution in [1.82, 2.24) is 0 Å². The van der Waals surface area contributed by atoms with E-state index in [1.165, 1.54) is 96.7 Å². The molecule has 55 heavy (non-hydrogen) atoms. The summed E-state index contributed by atoms with van der Waals surface area (Å²) in [5.41, 5.74) is 20.6. The predicted octanol–water partition coefficient (Wildman–Crippen LogP) is 15.7. The number of hydrogen-bond donors (Lipinski definition) is 0. The van der Waals surface area contributed by atoms with Gasteiger partial charge in [0, 0.05) is 22.5 Å². The monoisotopic (exact) mass is 723 g/mol. The van der Waals surface area contributed by atoms with E-state index < -0.39 is 0 Å². The van der Waals surface area contributed by atoms with E-state index in [4.69, 9.17) is 0 Å². The first kappa shape index (κ1) is 38.4. The van der Waals surface area contributed by atoms with E-state index >= 15 is 0 Å². The maximum Gasteiger partial charge on any atom is 0.0467 e. The van der Waals surface area contributed by atoms with Crippen LogP contribution in [0.3, 0.4) is 0 Å². The number of para-hydroxylation sites is 1. The van der Waals surface area contributed by atoms with Gasteiger partial charge in [0.05, 0.1) is 0 Å². The summed E-state index contributed by atoms with van der Waals surface area (Å²) in [6, 6.07) is 49.0. The highest BCUT2D eigenvalue weighted by molar-refractivity contribution is 5.87. The Morgan fingerprint density at radius 2 is 1.27 bits per heavy atom. The molecule has 0 fully saturated rings. The fraction of sp³-hybridized carbons (Fsp3) is 0.333. The Labute approximate surface area is 332 Å². The first-order chi connectivity index (χ1) is 26.7. The van der Waals surface area contributed by atoms with Crippen LogP contribution in [0.25, 0.3) is 22.3 Å². The third kappa shape index (κ3) is 7.31. The van der Waals surface area contributed by atoms with Crippen molar-refractivity contribution in [2.24, 2.45) is 0 Å². The average molecular weight is 724 g/mol. The molecule has 0 aromatic heterocycles. The second-order valence-corrected chi connectivity index (χ2v) is 16.4. The van der Waals surface area contributed by atoms with Crippen molar-refractivity contribution in [1.29, 1.82) is 0 Å². The van der Waals surface area contributed by atoms with Gasteiger partial charge in [-0.1, -0.05) is 139 Å². The van der Waals surface area contributed by atoms with Gasteiger partial charge in [0.2, 0.25) is 0 Å². The molecule has 0 N–H and O–H groups in total. The van der Waals surface area contributed by atoms with Crippen molar-refractivity contribution in [3.8, 4) is 22.3 Å². The molecule has 1 heteroatoms. The number of aryl methyl sites for hydroxylation is 3. The highest BCUT2D eigenvalue weighted by atomic mass is 15.1. The smallest absolute Gasteiger partial charge is 0.0467 e. The molecule has 282 valence electrons. The zero-order valence-corrected chi connectivity index (χ0v) is 34.7. The molecule has 1 aliphatic rings. The second-order valence-electron chi connectivity index (χ2n) is 16.4. The summed E-state index contributed by atoms with van der Waals surface area (Å²) < 4.78 is 0. The summed E-state index contributed by atoms with van der Waals surface area (Å²) in [5.74, 6) is 1.01. The molecule has 0 spiro atoms. The zero-order chi connectivity index (χ0) is 38.7. The number of benzene rings is 6. The van der Waals surface area contributed by atoms with Crippen molar-refractivity contribution in [2.75, 3.05) is 4.90 Å². The predicted molar refractivity (Wildman–Crippen MR) is 239 cm³/mol. The lowest BCUT2D eigenvalue weighted by molar-refractivity contribution is 0.490. The van der Waals surface area contributed by atoms with Crippen LogP contribution in [-0.2, 0) is 18.3 Å². The van der Waals surface area contributed by atoms with Gasteiger partial charge in [-0.3, -0.25) is 0 Å². The number of fused-ring (bicyclic) bond motifs is 3. The molecule has 6 aromatic carbocycles. The molecule has 1 unspecified atom stereocenters. The molecule has 7 rings (SSSR count). The Bertz CT molecular complexity index is 2250. The Morgan fingerprint density at radius 3 is 1.98 bits per heavy atom. The molecule has 0 amide bonds. The van der Waals surface area contributed by atoms with E-state index in [0.717, 1.165) is 32.1 Å². The van der Waals surface area contributed by atoms with E-state index in [1.807, 2.05) is 0 Å². The minimum absolute atomic E-state index is 0.0159. The van der Waals surface area contributed by atoms with Crippen LogP contribution in [0.5, 0.6) is 0 Å². The molecule has 1 aliphatic carbocycles. The lowest BCUT2D eigenvalue weighted by Crippen LogP contribution is -2.23. The average Bonchev–Trinajstić information content (AvgIpc) is 3.49. The minimum atomic E-state index is 0.0159. The minimum Gasteiger partial charge on any atom is -0.310 e. The second kappa shape index (κ2) is 16.5. The molecular weight excluding hydrogens is 663 g/mol. The maximum atomic E-state index is 2.53. The molecule has 0 saturated heterocycles. The molecule has 0 heterocycles. The van der Waals surface area contributed by atoms with E-state index in [1.54, 1.807) is 0 Å². The number of rotatable bonds is 14. The van der Waals surface area contributed by atoms with Gasteiger partial charge in [-0.05, 0) is 167 Å². The quantitative estimate of drug-likeness (QED) is 0.108. The summed E-state index contributed by atoms with van der Waals surface area (Å²) >= 11 is 0. The lowest BCUT2D eigenvalue weighted by atomic mass is 9.74. The molecule has 0 radical (unpaired) electrons.